The van der Waals surface area contributed by atoms with E-state index >= 15 is 0 Å². The largest absolute Gasteiger partial charge is 0.391 e. The van der Waals surface area contributed by atoms with Crippen molar-refractivity contribution >= 4 is 31.9 Å². The summed E-state index contributed by atoms with van der Waals surface area (Å²) in [6.07, 6.45) is 1.03. The quantitative estimate of drug-likeness (QED) is 0.648. The monoisotopic (exact) mass is 292 g/mol. The molecule has 0 aliphatic carbocycles. The fourth-order valence-corrected chi connectivity index (χ4v) is 3.88. The van der Waals surface area contributed by atoms with E-state index in [-0.39, 0.29) is 9.90 Å². The van der Waals surface area contributed by atoms with Crippen LogP contribution in [-0.4, -0.2) is 43.9 Å². The van der Waals surface area contributed by atoms with Crippen LogP contribution in [0.15, 0.2) is 10.3 Å². The lowest BCUT2D eigenvalue weighted by atomic mass is 10.3. The minimum atomic E-state index is -3.46. The van der Waals surface area contributed by atoms with Crippen molar-refractivity contribution in [3.8, 4) is 0 Å². The lowest BCUT2D eigenvalue weighted by molar-refractivity contribution is -0.383. The zero-order chi connectivity index (χ0) is 13.5. The Bertz CT molecular complexity index is 580. The lowest BCUT2D eigenvalue weighted by Crippen LogP contribution is -2.20. The molecule has 0 amide bonds. The van der Waals surface area contributed by atoms with Gasteiger partial charge in [0.1, 0.15) is 4.21 Å². The summed E-state index contributed by atoms with van der Waals surface area (Å²) in [6.45, 7) is 0.788. The maximum atomic E-state index is 11.4. The molecule has 0 bridgehead atoms. The molecule has 1 fully saturated rings. The van der Waals surface area contributed by atoms with Crippen molar-refractivity contribution in [1.82, 2.24) is 0 Å². The maximum Gasteiger partial charge on any atom is 0.305 e. The summed E-state index contributed by atoms with van der Waals surface area (Å²) in [5.74, 6) is 0. The van der Waals surface area contributed by atoms with E-state index in [1.807, 2.05) is 0 Å². The molecule has 1 aromatic heterocycles. The first kappa shape index (κ1) is 13.2. The minimum Gasteiger partial charge on any atom is -0.391 e. The van der Waals surface area contributed by atoms with Gasteiger partial charge >= 0.3 is 5.69 Å². The van der Waals surface area contributed by atoms with Crippen LogP contribution >= 0.6 is 11.3 Å². The summed E-state index contributed by atoms with van der Waals surface area (Å²) in [7, 11) is -3.46. The molecule has 1 aliphatic heterocycles. The molecule has 2 heterocycles. The highest BCUT2D eigenvalue weighted by molar-refractivity contribution is 7.92. The van der Waals surface area contributed by atoms with E-state index in [0.29, 0.717) is 24.5 Å². The SMILES string of the molecule is CS(=O)(=O)c1cc([N+](=O)[O-])c(N2CC[C@H](O)C2)s1. The minimum absolute atomic E-state index is 0.0226. The lowest BCUT2D eigenvalue weighted by Gasteiger charge is -2.14. The van der Waals surface area contributed by atoms with Crippen LogP contribution in [0.25, 0.3) is 0 Å². The topological polar surface area (TPSA) is 101 Å². The van der Waals surface area contributed by atoms with Crippen LogP contribution in [0, 0.1) is 10.1 Å². The van der Waals surface area contributed by atoms with Crippen LogP contribution < -0.4 is 4.90 Å². The molecule has 1 N–H and O–H groups in total. The molecule has 100 valence electrons. The van der Waals surface area contributed by atoms with Crippen molar-refractivity contribution in [3.05, 3.63) is 16.2 Å². The zero-order valence-electron chi connectivity index (χ0n) is 9.57. The van der Waals surface area contributed by atoms with Crippen molar-refractivity contribution < 1.29 is 18.4 Å². The van der Waals surface area contributed by atoms with Gasteiger partial charge in [-0.05, 0) is 6.42 Å². The smallest absolute Gasteiger partial charge is 0.305 e. The molecule has 9 heteroatoms. The van der Waals surface area contributed by atoms with Gasteiger partial charge in [0.05, 0.1) is 11.0 Å². The molecule has 1 aromatic rings. The van der Waals surface area contributed by atoms with E-state index in [4.69, 9.17) is 0 Å². The van der Waals surface area contributed by atoms with Crippen molar-refractivity contribution in [1.29, 1.82) is 0 Å². The van der Waals surface area contributed by atoms with E-state index in [1.54, 1.807) is 4.90 Å². The summed E-state index contributed by atoms with van der Waals surface area (Å²) < 4.78 is 22.8. The van der Waals surface area contributed by atoms with Gasteiger partial charge < -0.3 is 10.0 Å². The van der Waals surface area contributed by atoms with E-state index < -0.39 is 20.9 Å². The Hall–Kier alpha value is -1.19. The Kier molecular flexibility index (Phi) is 3.30. The van der Waals surface area contributed by atoms with Crippen molar-refractivity contribution in [3.63, 3.8) is 0 Å². The Labute approximate surface area is 108 Å². The van der Waals surface area contributed by atoms with E-state index in [1.165, 1.54) is 0 Å². The Balaban J connectivity index is 2.45. The van der Waals surface area contributed by atoms with Gasteiger partial charge in [0.2, 0.25) is 0 Å². The molecule has 0 radical (unpaired) electrons. The van der Waals surface area contributed by atoms with Gasteiger partial charge in [-0.3, -0.25) is 10.1 Å². The van der Waals surface area contributed by atoms with Crippen molar-refractivity contribution in [2.45, 2.75) is 16.7 Å². The third-order valence-electron chi connectivity index (χ3n) is 2.68. The van der Waals surface area contributed by atoms with Gasteiger partial charge in [0.15, 0.2) is 14.8 Å². The van der Waals surface area contributed by atoms with Gasteiger partial charge in [0, 0.05) is 25.4 Å². The van der Waals surface area contributed by atoms with Crippen LogP contribution in [0.4, 0.5) is 10.7 Å². The van der Waals surface area contributed by atoms with E-state index in [2.05, 4.69) is 0 Å². The summed E-state index contributed by atoms with van der Waals surface area (Å²) in [5, 5.41) is 20.7. The molecule has 1 saturated heterocycles. The number of thiophene rings is 1. The van der Waals surface area contributed by atoms with Gasteiger partial charge in [-0.15, -0.1) is 0 Å². The second kappa shape index (κ2) is 4.48. The van der Waals surface area contributed by atoms with Crippen LogP contribution in [0.1, 0.15) is 6.42 Å². The predicted molar refractivity (Wildman–Crippen MR) is 66.9 cm³/mol. The molecule has 1 aliphatic rings. The molecular weight excluding hydrogens is 280 g/mol. The standard InChI is InChI=1S/C9H12N2O5S2/c1-18(15,16)8-4-7(11(13)14)9(17-8)10-3-2-6(12)5-10/h4,6,12H,2-3,5H2,1H3/t6-/m0/s1. The van der Waals surface area contributed by atoms with Gasteiger partial charge in [0.25, 0.3) is 0 Å². The summed E-state index contributed by atoms with van der Waals surface area (Å²) in [4.78, 5) is 12.0. The highest BCUT2D eigenvalue weighted by Gasteiger charge is 2.31. The number of rotatable bonds is 3. The highest BCUT2D eigenvalue weighted by Crippen LogP contribution is 2.40. The Morgan fingerprint density at radius 3 is 2.72 bits per heavy atom. The third-order valence-corrected chi connectivity index (χ3v) is 5.67. The second-order valence-electron chi connectivity index (χ2n) is 4.17. The number of aliphatic hydroxyl groups is 1. The van der Waals surface area contributed by atoms with Crippen molar-refractivity contribution in [2.75, 3.05) is 24.2 Å². The fourth-order valence-electron chi connectivity index (χ4n) is 1.82. The molecule has 2 rings (SSSR count). The predicted octanol–water partition coefficient (Wildman–Crippen LogP) is 0.631. The number of sulfone groups is 1. The first-order valence-electron chi connectivity index (χ1n) is 5.20. The third kappa shape index (κ3) is 2.47. The van der Waals surface area contributed by atoms with Crippen LogP contribution in [-0.2, 0) is 9.84 Å². The summed E-state index contributed by atoms with van der Waals surface area (Å²) in [5.41, 5.74) is -0.213. The second-order valence-corrected chi connectivity index (χ2v) is 7.45. The molecule has 18 heavy (non-hydrogen) atoms. The summed E-state index contributed by atoms with van der Waals surface area (Å²) >= 11 is 0.879. The number of hydrogen-bond donors (Lipinski definition) is 1. The number of anilines is 1. The van der Waals surface area contributed by atoms with Crippen molar-refractivity contribution in [2.24, 2.45) is 0 Å². The van der Waals surface area contributed by atoms with Gasteiger partial charge in [-0.25, -0.2) is 8.42 Å². The van der Waals surface area contributed by atoms with Crippen LogP contribution in [0.2, 0.25) is 0 Å². The molecular formula is C9H12N2O5S2. The highest BCUT2D eigenvalue weighted by atomic mass is 32.2. The average Bonchev–Trinajstić information content (AvgIpc) is 2.81. The first-order valence-corrected chi connectivity index (χ1v) is 7.91. The first-order chi connectivity index (χ1) is 8.29. The molecule has 0 saturated carbocycles. The Morgan fingerprint density at radius 1 is 1.61 bits per heavy atom. The number of nitrogens with zero attached hydrogens (tertiary/aromatic N) is 2. The Morgan fingerprint density at radius 2 is 2.28 bits per heavy atom. The average molecular weight is 292 g/mol. The molecule has 0 aromatic carbocycles. The van der Waals surface area contributed by atoms with E-state index in [0.717, 1.165) is 23.7 Å². The van der Waals surface area contributed by atoms with E-state index in [9.17, 15) is 23.6 Å². The summed E-state index contributed by atoms with van der Waals surface area (Å²) in [6, 6.07) is 1.08. The van der Waals surface area contributed by atoms with Crippen LogP contribution in [0.3, 0.4) is 0 Å². The van der Waals surface area contributed by atoms with Gasteiger partial charge in [-0.1, -0.05) is 11.3 Å². The zero-order valence-corrected chi connectivity index (χ0v) is 11.2. The fraction of sp³-hybridized carbons (Fsp3) is 0.556. The van der Waals surface area contributed by atoms with Gasteiger partial charge in [-0.2, -0.15) is 0 Å². The number of hydrogen-bond acceptors (Lipinski definition) is 7. The molecule has 1 atom stereocenters. The maximum absolute atomic E-state index is 11.4. The van der Waals surface area contributed by atoms with Crippen LogP contribution in [0.5, 0.6) is 0 Å². The number of aliphatic hydroxyl groups excluding tert-OH is 1. The molecule has 0 unspecified atom stereocenters. The number of β-amino-alcohol motifs (C(OH)–C–C–N with tert-alkyl or cyclic N) is 1. The number of nitro groups is 1. The molecule has 0 spiro atoms. The normalized spacial score (nSPS) is 20.3. The molecule has 7 nitrogen and oxygen atoms in total.